The molecule has 0 saturated carbocycles. The van der Waals surface area contributed by atoms with Crippen LogP contribution in [0.4, 0.5) is 5.69 Å². The number of ether oxygens (including phenoxy) is 1. The zero-order valence-corrected chi connectivity index (χ0v) is 20.0. The molecule has 0 bridgehead atoms. The van der Waals surface area contributed by atoms with Gasteiger partial charge in [0.05, 0.1) is 35.8 Å². The maximum absolute atomic E-state index is 14.2. The summed E-state index contributed by atoms with van der Waals surface area (Å²) in [5.74, 6) is -0.442. The predicted octanol–water partition coefficient (Wildman–Crippen LogP) is 4.77. The van der Waals surface area contributed by atoms with Gasteiger partial charge >= 0.3 is 0 Å². The van der Waals surface area contributed by atoms with E-state index in [1.54, 1.807) is 32.0 Å². The lowest BCUT2D eigenvalue weighted by molar-refractivity contribution is 0.0115. The van der Waals surface area contributed by atoms with E-state index in [0.29, 0.717) is 33.3 Å². The number of aromatic nitrogens is 1. The molecule has 3 aliphatic rings. The molecule has 1 aromatic heterocycles. The molecule has 6 heteroatoms. The van der Waals surface area contributed by atoms with Gasteiger partial charge in [0.2, 0.25) is 0 Å². The average molecular weight is 498 g/mol. The number of aryl methyl sites for hydroxylation is 1. The number of morpholine rings is 1. The van der Waals surface area contributed by atoms with E-state index in [-0.39, 0.29) is 21.7 Å². The third-order valence-electron chi connectivity index (χ3n) is 6.96. The lowest BCUT2D eigenvalue weighted by atomic mass is 9.70. The van der Waals surface area contributed by atoms with Crippen LogP contribution in [0.25, 0.3) is 10.9 Å². The molecule has 6 nitrogen and oxygen atoms in total. The Bertz CT molecular complexity index is 2000. The van der Waals surface area contributed by atoms with Gasteiger partial charge in [0.15, 0.2) is 5.78 Å². The topological polar surface area (TPSA) is 72.4 Å². The van der Waals surface area contributed by atoms with Crippen molar-refractivity contribution in [3.63, 3.8) is 0 Å². The highest BCUT2D eigenvalue weighted by Crippen LogP contribution is 2.46. The fraction of sp³-hybridized carbons (Fsp3) is 0.467. The molecule has 2 aliphatic heterocycles. The zero-order chi connectivity index (χ0) is 38.5. The molecule has 2 saturated heterocycles. The maximum Gasteiger partial charge on any atom is 0.195 e. The summed E-state index contributed by atoms with van der Waals surface area (Å²) in [7, 11) is 0. The van der Waals surface area contributed by atoms with E-state index in [1.807, 2.05) is 0 Å². The van der Waals surface area contributed by atoms with E-state index in [1.165, 1.54) is 19.1 Å². The Morgan fingerprint density at radius 3 is 2.69 bits per heavy atom. The molecule has 1 N–H and O–H groups in total. The molecule has 0 atom stereocenters. The summed E-state index contributed by atoms with van der Waals surface area (Å²) in [6.45, 7) is -12.0. The predicted molar refractivity (Wildman–Crippen MR) is 142 cm³/mol. The number of anilines is 1. The molecule has 6 rings (SSSR count). The average Bonchev–Trinajstić information content (AvgIpc) is 3.36. The number of nitrogens with one attached hydrogen (secondary N) is 1. The van der Waals surface area contributed by atoms with Crippen molar-refractivity contribution in [3.8, 4) is 6.07 Å². The molecule has 186 valence electrons. The molecule has 3 aromatic rings. The summed E-state index contributed by atoms with van der Waals surface area (Å²) in [5, 5.41) is 9.97. The third kappa shape index (κ3) is 3.56. The Balaban J connectivity index is 1.53. The normalized spacial score (nSPS) is 36.1. The molecule has 0 unspecified atom stereocenters. The summed E-state index contributed by atoms with van der Waals surface area (Å²) < 4.78 is 134. The van der Waals surface area contributed by atoms with E-state index in [2.05, 4.69) is 15.8 Å². The standard InChI is InChI=1S/C30H34N4O2/c1-4-20-16-23-24(17-26(20)34-9-7-21(8-10-34)33-11-13-36-14-12-33)30(2,3)29-27(28(23)35)22-6-5-19(18-31)15-25(22)32-29/h5-6,15-17,21,32H,4,7-14H2,1-3H3/i4D2,7D2,8D2,11D2,12D2,13D2,14D2,21D. The summed E-state index contributed by atoms with van der Waals surface area (Å²) in [6, 6.07) is 6.03. The van der Waals surface area contributed by atoms with E-state index in [0.717, 1.165) is 4.90 Å². The van der Waals surface area contributed by atoms with Gasteiger partial charge < -0.3 is 14.6 Å². The molecule has 2 fully saturated rings. The van der Waals surface area contributed by atoms with Gasteiger partial charge in [-0.05, 0) is 54.5 Å². The van der Waals surface area contributed by atoms with Gasteiger partial charge in [-0.3, -0.25) is 9.69 Å². The van der Waals surface area contributed by atoms with E-state index in [9.17, 15) is 11.4 Å². The second-order valence-electron chi connectivity index (χ2n) is 9.29. The second kappa shape index (κ2) is 8.76. The second-order valence-corrected chi connectivity index (χ2v) is 9.29. The summed E-state index contributed by atoms with van der Waals surface area (Å²) in [6.07, 6.45) is -8.82. The fourth-order valence-corrected chi connectivity index (χ4v) is 5.09. The Kier molecular flexibility index (Phi) is 2.90. The minimum absolute atomic E-state index is 0.0538. The van der Waals surface area contributed by atoms with E-state index < -0.39 is 75.5 Å². The number of H-pyrrole nitrogens is 1. The van der Waals surface area contributed by atoms with Crippen molar-refractivity contribution in [1.29, 1.82) is 5.26 Å². The van der Waals surface area contributed by atoms with E-state index in [4.69, 9.17) is 19.2 Å². The van der Waals surface area contributed by atoms with Gasteiger partial charge in [0, 0.05) is 80.4 Å². The number of carbonyl (C=O) groups excluding carboxylic acids is 1. The van der Waals surface area contributed by atoms with Crippen molar-refractivity contribution in [2.24, 2.45) is 0 Å². The first kappa shape index (κ1) is 11.9. The van der Waals surface area contributed by atoms with Crippen LogP contribution in [-0.2, 0) is 16.5 Å². The minimum atomic E-state index is -3.78. The molecule has 3 heterocycles. The lowest BCUT2D eigenvalue weighted by Gasteiger charge is -2.42. The van der Waals surface area contributed by atoms with Crippen LogP contribution in [0.15, 0.2) is 30.3 Å². The first-order chi connectivity index (χ1) is 22.9. The number of benzene rings is 2. The van der Waals surface area contributed by atoms with Crippen LogP contribution in [0.1, 0.15) is 92.4 Å². The number of hydrogen-bond acceptors (Lipinski definition) is 5. The number of piperidine rings is 1. The van der Waals surface area contributed by atoms with Gasteiger partial charge in [-0.15, -0.1) is 0 Å². The minimum Gasteiger partial charge on any atom is -0.379 e. The van der Waals surface area contributed by atoms with Crippen molar-refractivity contribution >= 4 is 22.4 Å². The monoisotopic (exact) mass is 497 g/mol. The molecule has 2 aromatic carbocycles. The Morgan fingerprint density at radius 1 is 1.25 bits per heavy atom. The molecular weight excluding hydrogens is 448 g/mol. The van der Waals surface area contributed by atoms with Crippen LogP contribution in [0.5, 0.6) is 0 Å². The molecular formula is C30H34N4O2. The van der Waals surface area contributed by atoms with Crippen molar-refractivity contribution < 1.29 is 30.1 Å². The van der Waals surface area contributed by atoms with Crippen LogP contribution >= 0.6 is 0 Å². The number of aromatic amines is 1. The van der Waals surface area contributed by atoms with Gasteiger partial charge in [-0.1, -0.05) is 26.8 Å². The highest BCUT2D eigenvalue weighted by Gasteiger charge is 2.40. The molecule has 0 amide bonds. The zero-order valence-electron chi connectivity index (χ0n) is 35.0. The van der Waals surface area contributed by atoms with Gasteiger partial charge in [-0.25, -0.2) is 0 Å². The van der Waals surface area contributed by atoms with Crippen LogP contribution in [0, 0.1) is 11.3 Å². The summed E-state index contributed by atoms with van der Waals surface area (Å²) >= 11 is 0. The summed E-state index contributed by atoms with van der Waals surface area (Å²) in [5.41, 5.74) is 1.07. The number of carbonyl (C=O) groups is 1. The fourth-order valence-electron chi connectivity index (χ4n) is 5.09. The number of nitriles is 1. The maximum atomic E-state index is 14.2. The first-order valence-electron chi connectivity index (χ1n) is 19.0. The van der Waals surface area contributed by atoms with Crippen LogP contribution in [0.3, 0.4) is 0 Å². The van der Waals surface area contributed by atoms with Crippen molar-refractivity contribution in [1.82, 2.24) is 9.88 Å². The molecule has 0 radical (unpaired) electrons. The molecule has 36 heavy (non-hydrogen) atoms. The number of rotatable bonds is 3. The number of ketones is 1. The van der Waals surface area contributed by atoms with Crippen LogP contribution < -0.4 is 4.90 Å². The van der Waals surface area contributed by atoms with Gasteiger partial charge in [-0.2, -0.15) is 5.26 Å². The van der Waals surface area contributed by atoms with Crippen LogP contribution in [0.2, 0.25) is 0 Å². The van der Waals surface area contributed by atoms with E-state index >= 15 is 0 Å². The first-order valence-corrected chi connectivity index (χ1v) is 11.5. The number of fused-ring (bicyclic) bond motifs is 4. The Hall–Kier alpha value is -3.14. The summed E-state index contributed by atoms with van der Waals surface area (Å²) in [4.78, 5) is 18.1. The van der Waals surface area contributed by atoms with Gasteiger partial charge in [0.1, 0.15) is 0 Å². The third-order valence-corrected chi connectivity index (χ3v) is 6.96. The van der Waals surface area contributed by atoms with Gasteiger partial charge in [0.25, 0.3) is 0 Å². The number of hydrogen-bond donors (Lipinski definition) is 1. The quantitative estimate of drug-likeness (QED) is 0.564. The van der Waals surface area contributed by atoms with Crippen molar-refractivity contribution in [3.05, 3.63) is 63.8 Å². The smallest absolute Gasteiger partial charge is 0.195 e. The largest absolute Gasteiger partial charge is 0.379 e. The number of nitrogens with zero attached hydrogens (tertiary/aromatic N) is 3. The lowest BCUT2D eigenvalue weighted by Crippen LogP contribution is -2.49. The Labute approximate surface area is 233 Å². The van der Waals surface area contributed by atoms with Crippen LogP contribution in [-0.4, -0.2) is 60.9 Å². The highest BCUT2D eigenvalue weighted by atomic mass is 16.5. The van der Waals surface area contributed by atoms with Crippen molar-refractivity contribution in [2.75, 3.05) is 44.1 Å². The SMILES string of the molecule is [2H]C([2H])(C)c1cc2c(cc1N1CC([2H])([2H])C([2H])(N3C([2H])([2H])C([2H])([2H])OC([2H])([2H])C3([2H])[2H])C([2H])([2H])C1)C(C)(C)c1[nH]c3cc(C#N)ccc3c1C2=O. The molecule has 0 spiro atoms. The molecule has 1 aliphatic carbocycles. The van der Waals surface area contributed by atoms with Crippen molar-refractivity contribution in [2.45, 2.75) is 51.3 Å². The Morgan fingerprint density at radius 2 is 2.00 bits per heavy atom. The highest BCUT2D eigenvalue weighted by molar-refractivity contribution is 6.20.